The minimum Gasteiger partial charge on any atom is -0.306 e. The summed E-state index contributed by atoms with van der Waals surface area (Å²) in [6, 6.07) is 16.1. The van der Waals surface area contributed by atoms with Crippen LogP contribution >= 0.6 is 0 Å². The third-order valence-electron chi connectivity index (χ3n) is 4.57. The zero-order valence-electron chi connectivity index (χ0n) is 13.5. The molecule has 1 aliphatic rings. The van der Waals surface area contributed by atoms with E-state index in [2.05, 4.69) is 75.5 Å². The van der Waals surface area contributed by atoms with Crippen LogP contribution in [0.15, 0.2) is 42.5 Å². The van der Waals surface area contributed by atoms with Gasteiger partial charge in [0, 0.05) is 6.54 Å². The van der Waals surface area contributed by atoms with Gasteiger partial charge in [0.15, 0.2) is 0 Å². The number of nitrogens with one attached hydrogen (secondary N) is 1. The molecule has 0 radical (unpaired) electrons. The molecule has 110 valence electrons. The second kappa shape index (κ2) is 5.31. The molecule has 0 spiro atoms. The Morgan fingerprint density at radius 1 is 1.00 bits per heavy atom. The van der Waals surface area contributed by atoms with E-state index in [1.807, 2.05) is 0 Å². The van der Waals surface area contributed by atoms with Crippen LogP contribution < -0.4 is 5.32 Å². The van der Waals surface area contributed by atoms with E-state index < -0.39 is 0 Å². The highest BCUT2D eigenvalue weighted by atomic mass is 14.9. The standard InChI is InChI=1S/C20H25N/c1-14-7-5-6-8-17(14)19-18-13-16(20(2,3)4)10-9-15(18)11-12-21-19/h5-10,13,19,21H,11-12H2,1-4H3. The molecule has 2 aromatic carbocycles. The molecule has 0 amide bonds. The fourth-order valence-electron chi connectivity index (χ4n) is 3.21. The molecule has 1 N–H and O–H groups in total. The second-order valence-electron chi connectivity index (χ2n) is 7.16. The van der Waals surface area contributed by atoms with E-state index in [1.165, 1.54) is 27.8 Å². The van der Waals surface area contributed by atoms with Crippen molar-refractivity contribution in [2.75, 3.05) is 6.54 Å². The zero-order valence-corrected chi connectivity index (χ0v) is 13.5. The van der Waals surface area contributed by atoms with Crippen LogP contribution in [0.25, 0.3) is 0 Å². The summed E-state index contributed by atoms with van der Waals surface area (Å²) >= 11 is 0. The maximum atomic E-state index is 3.71. The first-order valence-corrected chi connectivity index (χ1v) is 7.89. The maximum Gasteiger partial charge on any atom is 0.0582 e. The van der Waals surface area contributed by atoms with Gasteiger partial charge < -0.3 is 5.32 Å². The Labute approximate surface area is 128 Å². The van der Waals surface area contributed by atoms with E-state index in [0.29, 0.717) is 6.04 Å². The van der Waals surface area contributed by atoms with Gasteiger partial charge in [0.25, 0.3) is 0 Å². The van der Waals surface area contributed by atoms with Gasteiger partial charge >= 0.3 is 0 Å². The van der Waals surface area contributed by atoms with E-state index in [4.69, 9.17) is 0 Å². The topological polar surface area (TPSA) is 12.0 Å². The van der Waals surface area contributed by atoms with Gasteiger partial charge in [-0.3, -0.25) is 0 Å². The van der Waals surface area contributed by atoms with Crippen molar-refractivity contribution in [2.45, 2.75) is 45.6 Å². The van der Waals surface area contributed by atoms with Gasteiger partial charge in [-0.15, -0.1) is 0 Å². The van der Waals surface area contributed by atoms with Crippen LogP contribution in [0, 0.1) is 6.92 Å². The third kappa shape index (κ3) is 2.75. The summed E-state index contributed by atoms with van der Waals surface area (Å²) in [6.45, 7) is 10.1. The smallest absolute Gasteiger partial charge is 0.0582 e. The second-order valence-corrected chi connectivity index (χ2v) is 7.16. The van der Waals surface area contributed by atoms with E-state index >= 15 is 0 Å². The number of fused-ring (bicyclic) bond motifs is 1. The number of hydrogen-bond donors (Lipinski definition) is 1. The lowest BCUT2D eigenvalue weighted by Crippen LogP contribution is -2.31. The van der Waals surface area contributed by atoms with E-state index in [1.54, 1.807) is 0 Å². The number of rotatable bonds is 1. The number of benzene rings is 2. The van der Waals surface area contributed by atoms with Gasteiger partial charge in [-0.05, 0) is 46.6 Å². The molecule has 3 rings (SSSR count). The first kappa shape index (κ1) is 14.3. The fourth-order valence-corrected chi connectivity index (χ4v) is 3.21. The van der Waals surface area contributed by atoms with Crippen LogP contribution in [0.5, 0.6) is 0 Å². The van der Waals surface area contributed by atoms with Crippen LogP contribution in [0.4, 0.5) is 0 Å². The molecule has 0 aliphatic carbocycles. The molecule has 1 nitrogen and oxygen atoms in total. The number of aryl methyl sites for hydroxylation is 1. The molecule has 0 aromatic heterocycles. The molecule has 1 unspecified atom stereocenters. The Bertz CT molecular complexity index is 649. The molecule has 1 heterocycles. The Hall–Kier alpha value is -1.60. The molecule has 1 heteroatoms. The van der Waals surface area contributed by atoms with E-state index in [0.717, 1.165) is 13.0 Å². The zero-order chi connectivity index (χ0) is 15.0. The summed E-state index contributed by atoms with van der Waals surface area (Å²) in [7, 11) is 0. The predicted molar refractivity (Wildman–Crippen MR) is 89.9 cm³/mol. The fraction of sp³-hybridized carbons (Fsp3) is 0.400. The predicted octanol–water partition coefficient (Wildman–Crippen LogP) is 4.53. The van der Waals surface area contributed by atoms with Gasteiger partial charge in [-0.2, -0.15) is 0 Å². The first-order chi connectivity index (χ1) is 9.97. The summed E-state index contributed by atoms with van der Waals surface area (Å²) in [4.78, 5) is 0. The maximum absolute atomic E-state index is 3.71. The molecule has 2 aromatic rings. The number of hydrogen-bond acceptors (Lipinski definition) is 1. The normalized spacial score (nSPS) is 18.4. The van der Waals surface area contributed by atoms with Crippen molar-refractivity contribution >= 4 is 0 Å². The van der Waals surface area contributed by atoms with Crippen LogP contribution in [-0.2, 0) is 11.8 Å². The van der Waals surface area contributed by atoms with Gasteiger partial charge in [-0.1, -0.05) is 63.2 Å². The SMILES string of the molecule is Cc1ccccc1C1NCCc2ccc(C(C)(C)C)cc21. The van der Waals surface area contributed by atoms with Crippen molar-refractivity contribution in [1.29, 1.82) is 0 Å². The van der Waals surface area contributed by atoms with Crippen molar-refractivity contribution in [3.05, 3.63) is 70.3 Å². The van der Waals surface area contributed by atoms with E-state index in [9.17, 15) is 0 Å². The monoisotopic (exact) mass is 279 g/mol. The summed E-state index contributed by atoms with van der Waals surface area (Å²) in [5, 5.41) is 3.71. The molecule has 1 aliphatic heterocycles. The van der Waals surface area contributed by atoms with Gasteiger partial charge in [-0.25, -0.2) is 0 Å². The summed E-state index contributed by atoms with van der Waals surface area (Å²) in [6.07, 6.45) is 1.13. The van der Waals surface area contributed by atoms with Gasteiger partial charge in [0.2, 0.25) is 0 Å². The molecule has 0 fully saturated rings. The summed E-state index contributed by atoms with van der Waals surface area (Å²) < 4.78 is 0. The third-order valence-corrected chi connectivity index (χ3v) is 4.57. The Morgan fingerprint density at radius 3 is 2.48 bits per heavy atom. The first-order valence-electron chi connectivity index (χ1n) is 7.89. The van der Waals surface area contributed by atoms with Crippen molar-refractivity contribution in [3.63, 3.8) is 0 Å². The lowest BCUT2D eigenvalue weighted by Gasteiger charge is -2.31. The molecular weight excluding hydrogens is 254 g/mol. The summed E-state index contributed by atoms with van der Waals surface area (Å²) in [5.41, 5.74) is 7.35. The highest BCUT2D eigenvalue weighted by molar-refractivity contribution is 5.45. The minimum absolute atomic E-state index is 0.197. The average Bonchev–Trinajstić information content (AvgIpc) is 2.46. The molecular formula is C20H25N. The van der Waals surface area contributed by atoms with Crippen molar-refractivity contribution in [3.8, 4) is 0 Å². The van der Waals surface area contributed by atoms with Crippen LogP contribution in [-0.4, -0.2) is 6.54 Å². The van der Waals surface area contributed by atoms with Crippen molar-refractivity contribution < 1.29 is 0 Å². The van der Waals surface area contributed by atoms with Crippen LogP contribution in [0.2, 0.25) is 0 Å². The molecule has 1 atom stereocenters. The largest absolute Gasteiger partial charge is 0.306 e. The van der Waals surface area contributed by atoms with E-state index in [-0.39, 0.29) is 5.41 Å². The van der Waals surface area contributed by atoms with Crippen LogP contribution in [0.3, 0.4) is 0 Å². The average molecular weight is 279 g/mol. The quantitative estimate of drug-likeness (QED) is 0.809. The van der Waals surface area contributed by atoms with Gasteiger partial charge in [0.1, 0.15) is 0 Å². The lowest BCUT2D eigenvalue weighted by atomic mass is 9.81. The molecule has 0 bridgehead atoms. The Kier molecular flexibility index (Phi) is 3.62. The lowest BCUT2D eigenvalue weighted by molar-refractivity contribution is 0.554. The van der Waals surface area contributed by atoms with Crippen molar-refractivity contribution in [2.24, 2.45) is 0 Å². The Balaban J connectivity index is 2.10. The van der Waals surface area contributed by atoms with Crippen molar-refractivity contribution in [1.82, 2.24) is 5.32 Å². The highest BCUT2D eigenvalue weighted by Crippen LogP contribution is 2.33. The minimum atomic E-state index is 0.197. The Morgan fingerprint density at radius 2 is 1.76 bits per heavy atom. The van der Waals surface area contributed by atoms with Gasteiger partial charge in [0.05, 0.1) is 6.04 Å². The summed E-state index contributed by atoms with van der Waals surface area (Å²) in [5.74, 6) is 0. The molecule has 0 saturated heterocycles. The van der Waals surface area contributed by atoms with Crippen LogP contribution in [0.1, 0.15) is 54.6 Å². The molecule has 0 saturated carbocycles. The molecule has 21 heavy (non-hydrogen) atoms. The highest BCUT2D eigenvalue weighted by Gasteiger charge is 2.24.